The van der Waals surface area contributed by atoms with E-state index in [0.717, 1.165) is 12.8 Å². The molecule has 0 aromatic rings. The number of halogens is 1. The van der Waals surface area contributed by atoms with Gasteiger partial charge in [-0.05, 0) is 18.9 Å². The molecule has 0 fully saturated rings. The van der Waals surface area contributed by atoms with Gasteiger partial charge in [0.2, 0.25) is 5.85 Å². The van der Waals surface area contributed by atoms with Crippen LogP contribution in [0.3, 0.4) is 0 Å². The molecule has 0 saturated heterocycles. The van der Waals surface area contributed by atoms with E-state index in [9.17, 15) is 4.39 Å². The fraction of sp³-hybridized carbons (Fsp3) is 0.667. The van der Waals surface area contributed by atoms with Crippen LogP contribution in [-0.2, 0) is 0 Å². The molecule has 0 saturated carbocycles. The molecule has 1 N–H and O–H groups in total. The van der Waals surface area contributed by atoms with Crippen molar-refractivity contribution < 1.29 is 9.50 Å². The van der Waals surface area contributed by atoms with E-state index < -0.39 is 5.85 Å². The standard InChI is InChI=1S/C6H9FO/c7-6(8)4-2-1-3-5-6/h2,4,8H,1,3,5H2. The average molecular weight is 116 g/mol. The van der Waals surface area contributed by atoms with Crippen LogP contribution >= 0.6 is 0 Å². The second-order valence-electron chi connectivity index (χ2n) is 2.11. The monoisotopic (exact) mass is 116 g/mol. The molecule has 1 atom stereocenters. The molecule has 1 aliphatic rings. The van der Waals surface area contributed by atoms with Gasteiger partial charge in [-0.15, -0.1) is 0 Å². The Labute approximate surface area is 47.8 Å². The van der Waals surface area contributed by atoms with Crippen LogP contribution in [0.1, 0.15) is 19.3 Å². The summed E-state index contributed by atoms with van der Waals surface area (Å²) in [6.45, 7) is 0. The van der Waals surface area contributed by atoms with Crippen LogP contribution in [0.4, 0.5) is 4.39 Å². The second kappa shape index (κ2) is 1.86. The zero-order valence-corrected chi connectivity index (χ0v) is 4.60. The summed E-state index contributed by atoms with van der Waals surface area (Å²) in [7, 11) is 0. The van der Waals surface area contributed by atoms with Crippen molar-refractivity contribution in [2.24, 2.45) is 0 Å². The van der Waals surface area contributed by atoms with Crippen molar-refractivity contribution in [1.82, 2.24) is 0 Å². The number of rotatable bonds is 0. The Kier molecular flexibility index (Phi) is 1.34. The lowest BCUT2D eigenvalue weighted by atomic mass is 10.0. The quantitative estimate of drug-likeness (QED) is 0.474. The molecule has 1 aliphatic carbocycles. The van der Waals surface area contributed by atoms with Crippen molar-refractivity contribution >= 4 is 0 Å². The van der Waals surface area contributed by atoms with Crippen LogP contribution in [0, 0.1) is 0 Å². The summed E-state index contributed by atoms with van der Waals surface area (Å²) < 4.78 is 12.3. The molecule has 0 aromatic heterocycles. The lowest BCUT2D eigenvalue weighted by Crippen LogP contribution is -2.20. The molecule has 0 bridgehead atoms. The summed E-state index contributed by atoms with van der Waals surface area (Å²) in [4.78, 5) is 0. The predicted octanol–water partition coefficient (Wildman–Crippen LogP) is 1.38. The molecule has 0 amide bonds. The molecule has 0 heterocycles. The molecular weight excluding hydrogens is 107 g/mol. The first-order valence-electron chi connectivity index (χ1n) is 2.80. The van der Waals surface area contributed by atoms with E-state index in [1.54, 1.807) is 6.08 Å². The first kappa shape index (κ1) is 5.76. The number of allylic oxidation sites excluding steroid dienone is 1. The Morgan fingerprint density at radius 2 is 2.38 bits per heavy atom. The van der Waals surface area contributed by atoms with Crippen LogP contribution in [0.25, 0.3) is 0 Å². The van der Waals surface area contributed by atoms with E-state index in [1.807, 2.05) is 0 Å². The van der Waals surface area contributed by atoms with E-state index in [1.165, 1.54) is 6.08 Å². The lowest BCUT2D eigenvalue weighted by Gasteiger charge is -2.16. The van der Waals surface area contributed by atoms with E-state index in [2.05, 4.69) is 0 Å². The first-order valence-corrected chi connectivity index (χ1v) is 2.80. The Bertz CT molecular complexity index is 107. The maximum absolute atomic E-state index is 12.3. The van der Waals surface area contributed by atoms with Crippen molar-refractivity contribution in [3.8, 4) is 0 Å². The number of hydrogen-bond donors (Lipinski definition) is 1. The smallest absolute Gasteiger partial charge is 0.225 e. The minimum Gasteiger partial charge on any atom is -0.359 e. The van der Waals surface area contributed by atoms with Gasteiger partial charge in [-0.25, -0.2) is 4.39 Å². The van der Waals surface area contributed by atoms with Gasteiger partial charge in [-0.1, -0.05) is 6.08 Å². The van der Waals surface area contributed by atoms with Crippen molar-refractivity contribution in [2.75, 3.05) is 0 Å². The minimum absolute atomic E-state index is 0.253. The molecule has 1 rings (SSSR count). The first-order chi connectivity index (χ1) is 3.71. The third-order valence-corrected chi connectivity index (χ3v) is 1.27. The molecule has 8 heavy (non-hydrogen) atoms. The fourth-order valence-corrected chi connectivity index (χ4v) is 0.815. The van der Waals surface area contributed by atoms with Crippen molar-refractivity contribution in [2.45, 2.75) is 25.1 Å². The molecule has 1 unspecified atom stereocenters. The molecule has 2 heteroatoms. The molecule has 1 nitrogen and oxygen atoms in total. The summed E-state index contributed by atoms with van der Waals surface area (Å²) >= 11 is 0. The Morgan fingerprint density at radius 1 is 1.62 bits per heavy atom. The van der Waals surface area contributed by atoms with Gasteiger partial charge < -0.3 is 5.11 Å². The average Bonchev–Trinajstić information content (AvgIpc) is 1.65. The minimum atomic E-state index is -2.00. The van der Waals surface area contributed by atoms with E-state index >= 15 is 0 Å². The van der Waals surface area contributed by atoms with Gasteiger partial charge in [0.1, 0.15) is 0 Å². The lowest BCUT2D eigenvalue weighted by molar-refractivity contribution is -0.0525. The van der Waals surface area contributed by atoms with Gasteiger partial charge in [0.05, 0.1) is 0 Å². The van der Waals surface area contributed by atoms with Crippen molar-refractivity contribution in [1.29, 1.82) is 0 Å². The zero-order valence-electron chi connectivity index (χ0n) is 4.60. The number of alkyl halides is 1. The van der Waals surface area contributed by atoms with Crippen molar-refractivity contribution in [3.05, 3.63) is 12.2 Å². The predicted molar refractivity (Wildman–Crippen MR) is 29.0 cm³/mol. The second-order valence-corrected chi connectivity index (χ2v) is 2.11. The number of hydrogen-bond acceptors (Lipinski definition) is 1. The molecule has 0 spiro atoms. The van der Waals surface area contributed by atoms with Gasteiger partial charge in [0.25, 0.3) is 0 Å². The van der Waals surface area contributed by atoms with E-state index in [-0.39, 0.29) is 6.42 Å². The van der Waals surface area contributed by atoms with Crippen LogP contribution in [-0.4, -0.2) is 11.0 Å². The summed E-state index contributed by atoms with van der Waals surface area (Å²) in [5, 5.41) is 8.62. The summed E-state index contributed by atoms with van der Waals surface area (Å²) in [5.74, 6) is -2.00. The van der Waals surface area contributed by atoms with Crippen LogP contribution in [0.5, 0.6) is 0 Å². The SMILES string of the molecule is OC1(F)C=CCCC1. The van der Waals surface area contributed by atoms with Gasteiger partial charge in [0, 0.05) is 6.42 Å². The maximum atomic E-state index is 12.3. The largest absolute Gasteiger partial charge is 0.359 e. The topological polar surface area (TPSA) is 20.2 Å². The van der Waals surface area contributed by atoms with Crippen molar-refractivity contribution in [3.63, 3.8) is 0 Å². The molecule has 0 radical (unpaired) electrons. The third-order valence-electron chi connectivity index (χ3n) is 1.27. The number of aliphatic hydroxyl groups is 1. The van der Waals surface area contributed by atoms with Crippen LogP contribution in [0.15, 0.2) is 12.2 Å². The molecular formula is C6H9FO. The molecule has 0 aromatic carbocycles. The summed E-state index contributed by atoms with van der Waals surface area (Å²) in [6, 6.07) is 0. The molecule has 0 aliphatic heterocycles. The normalized spacial score (nSPS) is 37.8. The maximum Gasteiger partial charge on any atom is 0.225 e. The summed E-state index contributed by atoms with van der Waals surface area (Å²) in [6.07, 6.45) is 4.79. The zero-order chi connectivity index (χ0) is 6.04. The van der Waals surface area contributed by atoms with Crippen LogP contribution in [0.2, 0.25) is 0 Å². The Hall–Kier alpha value is -0.370. The van der Waals surface area contributed by atoms with E-state index in [4.69, 9.17) is 5.11 Å². The highest BCUT2D eigenvalue weighted by molar-refractivity contribution is 4.98. The summed E-state index contributed by atoms with van der Waals surface area (Å²) in [5.41, 5.74) is 0. The fourth-order valence-electron chi connectivity index (χ4n) is 0.815. The van der Waals surface area contributed by atoms with E-state index in [0.29, 0.717) is 0 Å². The van der Waals surface area contributed by atoms with Gasteiger partial charge in [-0.3, -0.25) is 0 Å². The highest BCUT2D eigenvalue weighted by Crippen LogP contribution is 2.22. The Balaban J connectivity index is 2.56. The highest BCUT2D eigenvalue weighted by Gasteiger charge is 2.22. The molecule has 46 valence electrons. The van der Waals surface area contributed by atoms with Gasteiger partial charge in [0.15, 0.2) is 0 Å². The van der Waals surface area contributed by atoms with Gasteiger partial charge >= 0.3 is 0 Å². The third kappa shape index (κ3) is 1.30. The van der Waals surface area contributed by atoms with Gasteiger partial charge in [-0.2, -0.15) is 0 Å². The van der Waals surface area contributed by atoms with Crippen LogP contribution < -0.4 is 0 Å². The highest BCUT2D eigenvalue weighted by atomic mass is 19.2. The Morgan fingerprint density at radius 3 is 2.62 bits per heavy atom.